The summed E-state index contributed by atoms with van der Waals surface area (Å²) >= 11 is 0. The van der Waals surface area contributed by atoms with Gasteiger partial charge in [0.05, 0.1) is 0 Å². The smallest absolute Gasteiger partial charge is 0.134 e. The molecule has 0 atom stereocenters. The van der Waals surface area contributed by atoms with E-state index in [4.69, 9.17) is 5.73 Å². The number of nitrogen functional groups attached to an aromatic ring is 1. The number of para-hydroxylation sites is 1. The fourth-order valence-electron chi connectivity index (χ4n) is 1.16. The normalized spacial score (nSPS) is 9.83. The molecule has 0 saturated carbocycles. The number of anilines is 1. The Bertz CT molecular complexity index is 305. The van der Waals surface area contributed by atoms with Gasteiger partial charge >= 0.3 is 0 Å². The first-order valence-corrected chi connectivity index (χ1v) is 3.94. The largest absolute Gasteiger partial charge is 0.398 e. The van der Waals surface area contributed by atoms with E-state index in [1.54, 1.807) is 6.92 Å². The molecule has 0 saturated heterocycles. The minimum absolute atomic E-state index is 0.146. The number of hydrogen-bond acceptors (Lipinski definition) is 2. The molecule has 0 aliphatic rings. The average Bonchev–Trinajstić information content (AvgIpc) is 1.98. The number of ketones is 1. The first-order valence-electron chi connectivity index (χ1n) is 3.94. The molecule has 1 aromatic carbocycles. The van der Waals surface area contributed by atoms with Crippen LogP contribution in [0.15, 0.2) is 18.2 Å². The van der Waals surface area contributed by atoms with Crippen LogP contribution in [-0.4, -0.2) is 5.78 Å². The maximum atomic E-state index is 10.8. The topological polar surface area (TPSA) is 43.1 Å². The molecular formula is C10H13NO. The molecular weight excluding hydrogens is 150 g/mol. The molecule has 2 N–H and O–H groups in total. The van der Waals surface area contributed by atoms with Crippen LogP contribution in [0.5, 0.6) is 0 Å². The van der Waals surface area contributed by atoms with E-state index in [2.05, 4.69) is 0 Å². The average molecular weight is 163 g/mol. The summed E-state index contributed by atoms with van der Waals surface area (Å²) < 4.78 is 0. The van der Waals surface area contributed by atoms with Gasteiger partial charge < -0.3 is 5.73 Å². The van der Waals surface area contributed by atoms with Gasteiger partial charge in [-0.2, -0.15) is 0 Å². The number of rotatable bonds is 2. The van der Waals surface area contributed by atoms with Crippen molar-refractivity contribution in [1.82, 2.24) is 0 Å². The van der Waals surface area contributed by atoms with Gasteiger partial charge in [-0.25, -0.2) is 0 Å². The highest BCUT2D eigenvalue weighted by Gasteiger charge is 2.02. The molecule has 0 bridgehead atoms. The van der Waals surface area contributed by atoms with Crippen molar-refractivity contribution in [3.05, 3.63) is 29.3 Å². The van der Waals surface area contributed by atoms with Gasteiger partial charge in [0.25, 0.3) is 0 Å². The van der Waals surface area contributed by atoms with Crippen molar-refractivity contribution in [2.24, 2.45) is 0 Å². The Balaban J connectivity index is 3.00. The lowest BCUT2D eigenvalue weighted by Crippen LogP contribution is -2.02. The number of aryl methyl sites for hydroxylation is 1. The van der Waals surface area contributed by atoms with Crippen molar-refractivity contribution in [1.29, 1.82) is 0 Å². The lowest BCUT2D eigenvalue weighted by atomic mass is 10.0. The van der Waals surface area contributed by atoms with Crippen LogP contribution in [-0.2, 0) is 11.2 Å². The summed E-state index contributed by atoms with van der Waals surface area (Å²) in [5, 5.41) is 0. The zero-order valence-corrected chi connectivity index (χ0v) is 7.42. The van der Waals surface area contributed by atoms with E-state index in [1.807, 2.05) is 25.1 Å². The van der Waals surface area contributed by atoms with E-state index < -0.39 is 0 Å². The second kappa shape index (κ2) is 3.39. The number of Topliss-reactive ketones (excluding diaryl/α,β-unsaturated/α-hetero) is 1. The lowest BCUT2D eigenvalue weighted by molar-refractivity contribution is -0.116. The molecule has 0 aliphatic heterocycles. The van der Waals surface area contributed by atoms with Crippen LogP contribution in [0.1, 0.15) is 18.1 Å². The van der Waals surface area contributed by atoms with E-state index in [0.29, 0.717) is 6.42 Å². The monoisotopic (exact) mass is 163 g/mol. The van der Waals surface area contributed by atoms with Gasteiger partial charge in [-0.05, 0) is 25.0 Å². The molecule has 0 heterocycles. The van der Waals surface area contributed by atoms with Crippen LogP contribution in [0.4, 0.5) is 5.69 Å². The standard InChI is InChI=1S/C10H13NO/c1-7-4-3-5-9(10(7)11)6-8(2)12/h3-5H,6,11H2,1-2H3. The second-order valence-corrected chi connectivity index (χ2v) is 3.03. The van der Waals surface area contributed by atoms with Gasteiger partial charge in [0.1, 0.15) is 5.78 Å². The Labute approximate surface area is 72.4 Å². The van der Waals surface area contributed by atoms with Crippen LogP contribution in [0.3, 0.4) is 0 Å². The number of nitrogens with two attached hydrogens (primary N) is 1. The van der Waals surface area contributed by atoms with Crippen LogP contribution >= 0.6 is 0 Å². The van der Waals surface area contributed by atoms with E-state index in [-0.39, 0.29) is 5.78 Å². The Hall–Kier alpha value is -1.31. The van der Waals surface area contributed by atoms with Gasteiger partial charge in [0, 0.05) is 12.1 Å². The molecule has 0 radical (unpaired) electrons. The van der Waals surface area contributed by atoms with Gasteiger partial charge in [0.2, 0.25) is 0 Å². The fraction of sp³-hybridized carbons (Fsp3) is 0.300. The Morgan fingerprint density at radius 2 is 2.17 bits per heavy atom. The summed E-state index contributed by atoms with van der Waals surface area (Å²) in [5.74, 6) is 0.146. The van der Waals surface area contributed by atoms with Crippen molar-refractivity contribution in [2.75, 3.05) is 5.73 Å². The van der Waals surface area contributed by atoms with E-state index in [0.717, 1.165) is 16.8 Å². The zero-order valence-electron chi connectivity index (χ0n) is 7.42. The molecule has 0 amide bonds. The van der Waals surface area contributed by atoms with Gasteiger partial charge in [-0.1, -0.05) is 18.2 Å². The molecule has 0 aromatic heterocycles. The molecule has 1 rings (SSSR count). The summed E-state index contributed by atoms with van der Waals surface area (Å²) in [6.07, 6.45) is 0.438. The molecule has 1 aromatic rings. The summed E-state index contributed by atoms with van der Waals surface area (Å²) in [7, 11) is 0. The minimum Gasteiger partial charge on any atom is -0.398 e. The molecule has 2 heteroatoms. The van der Waals surface area contributed by atoms with Crippen molar-refractivity contribution >= 4 is 11.5 Å². The summed E-state index contributed by atoms with van der Waals surface area (Å²) in [6, 6.07) is 5.76. The van der Waals surface area contributed by atoms with Gasteiger partial charge in [-0.15, -0.1) is 0 Å². The zero-order chi connectivity index (χ0) is 9.14. The third-order valence-electron chi connectivity index (χ3n) is 1.85. The number of benzene rings is 1. The fourth-order valence-corrected chi connectivity index (χ4v) is 1.16. The first kappa shape index (κ1) is 8.78. The van der Waals surface area contributed by atoms with Gasteiger partial charge in [0.15, 0.2) is 0 Å². The van der Waals surface area contributed by atoms with Crippen LogP contribution < -0.4 is 5.73 Å². The van der Waals surface area contributed by atoms with Crippen molar-refractivity contribution in [3.63, 3.8) is 0 Å². The van der Waals surface area contributed by atoms with Crippen LogP contribution in [0.2, 0.25) is 0 Å². The SMILES string of the molecule is CC(=O)Cc1cccc(C)c1N. The van der Waals surface area contributed by atoms with Crippen molar-refractivity contribution in [3.8, 4) is 0 Å². The van der Waals surface area contributed by atoms with E-state index in [1.165, 1.54) is 0 Å². The highest BCUT2D eigenvalue weighted by molar-refractivity contribution is 5.80. The second-order valence-electron chi connectivity index (χ2n) is 3.03. The predicted molar refractivity (Wildman–Crippen MR) is 50.0 cm³/mol. The molecule has 0 fully saturated rings. The summed E-state index contributed by atoms with van der Waals surface area (Å²) in [4.78, 5) is 10.8. The molecule has 64 valence electrons. The quantitative estimate of drug-likeness (QED) is 0.674. The molecule has 12 heavy (non-hydrogen) atoms. The summed E-state index contributed by atoms with van der Waals surface area (Å²) in [6.45, 7) is 3.51. The molecule has 0 spiro atoms. The third kappa shape index (κ3) is 1.84. The number of carbonyl (C=O) groups is 1. The first-order chi connectivity index (χ1) is 5.61. The molecule has 2 nitrogen and oxygen atoms in total. The summed E-state index contributed by atoms with van der Waals surface area (Å²) in [5.41, 5.74) is 8.49. The third-order valence-corrected chi connectivity index (χ3v) is 1.85. The Kier molecular flexibility index (Phi) is 2.48. The predicted octanol–water partition coefficient (Wildman–Crippen LogP) is 1.71. The lowest BCUT2D eigenvalue weighted by Gasteiger charge is -2.05. The van der Waals surface area contributed by atoms with Crippen LogP contribution in [0, 0.1) is 6.92 Å². The van der Waals surface area contributed by atoms with Gasteiger partial charge in [-0.3, -0.25) is 4.79 Å². The Morgan fingerprint density at radius 3 is 2.75 bits per heavy atom. The number of carbonyl (C=O) groups excluding carboxylic acids is 1. The number of hydrogen-bond donors (Lipinski definition) is 1. The van der Waals surface area contributed by atoms with Crippen LogP contribution in [0.25, 0.3) is 0 Å². The Morgan fingerprint density at radius 1 is 1.50 bits per heavy atom. The van der Waals surface area contributed by atoms with E-state index >= 15 is 0 Å². The van der Waals surface area contributed by atoms with Crippen molar-refractivity contribution < 1.29 is 4.79 Å². The maximum absolute atomic E-state index is 10.8. The molecule has 0 aliphatic carbocycles. The minimum atomic E-state index is 0.146. The van der Waals surface area contributed by atoms with E-state index in [9.17, 15) is 4.79 Å². The highest BCUT2D eigenvalue weighted by Crippen LogP contribution is 2.16. The maximum Gasteiger partial charge on any atom is 0.134 e. The van der Waals surface area contributed by atoms with Crippen molar-refractivity contribution in [2.45, 2.75) is 20.3 Å². The highest BCUT2D eigenvalue weighted by atomic mass is 16.1. The molecule has 0 unspecified atom stereocenters.